The van der Waals surface area contributed by atoms with Gasteiger partial charge in [-0.3, -0.25) is 4.79 Å². The van der Waals surface area contributed by atoms with Crippen LogP contribution in [-0.2, 0) is 4.79 Å². The summed E-state index contributed by atoms with van der Waals surface area (Å²) in [5.74, 6) is 0.696. The average Bonchev–Trinajstić information content (AvgIpc) is 3.05. The number of ether oxygens (including phenoxy) is 1. The van der Waals surface area contributed by atoms with Crippen LogP contribution in [0.3, 0.4) is 0 Å². The summed E-state index contributed by atoms with van der Waals surface area (Å²) in [6.45, 7) is 6.01. The topological polar surface area (TPSA) is 42.4 Å². The molecule has 0 aliphatic carbocycles. The first-order chi connectivity index (χ1) is 12.0. The molecule has 0 aliphatic heterocycles. The SMILES string of the molecule is Cc1ccc(C)c(OCC(=O)N(C)[C@H](C)c2nc3ccccc3s2)c1. The summed E-state index contributed by atoms with van der Waals surface area (Å²) >= 11 is 1.62. The Kier molecular flexibility index (Phi) is 5.04. The average molecular weight is 354 g/mol. The van der Waals surface area contributed by atoms with Crippen molar-refractivity contribution in [3.63, 3.8) is 0 Å². The molecule has 1 heterocycles. The van der Waals surface area contributed by atoms with E-state index in [0.717, 1.165) is 32.1 Å². The van der Waals surface area contributed by atoms with Gasteiger partial charge in [-0.05, 0) is 50.1 Å². The molecular weight excluding hydrogens is 332 g/mol. The van der Waals surface area contributed by atoms with E-state index in [4.69, 9.17) is 4.74 Å². The number of nitrogens with zero attached hydrogens (tertiary/aromatic N) is 2. The zero-order chi connectivity index (χ0) is 18.0. The first-order valence-corrected chi connectivity index (χ1v) is 9.08. The Hall–Kier alpha value is -2.40. The van der Waals surface area contributed by atoms with Crippen molar-refractivity contribution in [2.24, 2.45) is 0 Å². The number of benzene rings is 2. The molecule has 1 atom stereocenters. The quantitative estimate of drug-likeness (QED) is 0.677. The minimum atomic E-state index is -0.0906. The predicted octanol–water partition coefficient (Wildman–Crippen LogP) is 4.51. The van der Waals surface area contributed by atoms with Crippen molar-refractivity contribution in [1.82, 2.24) is 9.88 Å². The van der Waals surface area contributed by atoms with Crippen LogP contribution in [0.25, 0.3) is 10.2 Å². The molecule has 130 valence electrons. The van der Waals surface area contributed by atoms with Gasteiger partial charge in [0.15, 0.2) is 6.61 Å². The third-order valence-corrected chi connectivity index (χ3v) is 5.54. The maximum absolute atomic E-state index is 12.5. The Bertz CT molecular complexity index is 871. The number of aryl methyl sites for hydroxylation is 2. The van der Waals surface area contributed by atoms with Gasteiger partial charge in [-0.2, -0.15) is 0 Å². The van der Waals surface area contributed by atoms with E-state index < -0.39 is 0 Å². The van der Waals surface area contributed by atoms with Crippen molar-refractivity contribution in [2.75, 3.05) is 13.7 Å². The van der Waals surface area contributed by atoms with Crippen molar-refractivity contribution in [3.8, 4) is 5.75 Å². The van der Waals surface area contributed by atoms with Gasteiger partial charge in [0.25, 0.3) is 5.91 Å². The van der Waals surface area contributed by atoms with Crippen LogP contribution in [0.4, 0.5) is 0 Å². The largest absolute Gasteiger partial charge is 0.483 e. The number of thiazole rings is 1. The van der Waals surface area contributed by atoms with E-state index in [0.29, 0.717) is 0 Å². The summed E-state index contributed by atoms with van der Waals surface area (Å²) in [7, 11) is 1.80. The molecule has 5 heteroatoms. The predicted molar refractivity (Wildman–Crippen MR) is 102 cm³/mol. The van der Waals surface area contributed by atoms with E-state index in [1.165, 1.54) is 0 Å². The molecule has 0 N–H and O–H groups in total. The second-order valence-corrected chi connectivity index (χ2v) is 7.32. The monoisotopic (exact) mass is 354 g/mol. The van der Waals surface area contributed by atoms with Gasteiger partial charge < -0.3 is 9.64 Å². The van der Waals surface area contributed by atoms with E-state index in [-0.39, 0.29) is 18.6 Å². The number of aromatic nitrogens is 1. The van der Waals surface area contributed by atoms with Gasteiger partial charge in [-0.1, -0.05) is 24.3 Å². The van der Waals surface area contributed by atoms with Crippen LogP contribution in [0.2, 0.25) is 0 Å². The fourth-order valence-corrected chi connectivity index (χ4v) is 3.62. The Morgan fingerprint density at radius 1 is 1.24 bits per heavy atom. The van der Waals surface area contributed by atoms with Crippen LogP contribution < -0.4 is 4.74 Å². The van der Waals surface area contributed by atoms with E-state index in [1.807, 2.05) is 57.2 Å². The van der Waals surface area contributed by atoms with Crippen LogP contribution in [0.1, 0.15) is 29.1 Å². The smallest absolute Gasteiger partial charge is 0.260 e. The number of carbonyl (C=O) groups is 1. The Morgan fingerprint density at radius 3 is 2.76 bits per heavy atom. The molecule has 1 aromatic heterocycles. The van der Waals surface area contributed by atoms with E-state index in [2.05, 4.69) is 11.1 Å². The van der Waals surface area contributed by atoms with Crippen molar-refractivity contribution >= 4 is 27.5 Å². The number of hydrogen-bond donors (Lipinski definition) is 0. The number of rotatable bonds is 5. The van der Waals surface area contributed by atoms with E-state index >= 15 is 0 Å². The summed E-state index contributed by atoms with van der Waals surface area (Å²) in [6.07, 6.45) is 0. The highest BCUT2D eigenvalue weighted by Gasteiger charge is 2.21. The minimum Gasteiger partial charge on any atom is -0.483 e. The highest BCUT2D eigenvalue weighted by molar-refractivity contribution is 7.18. The summed E-state index contributed by atoms with van der Waals surface area (Å²) in [5, 5.41) is 0.934. The molecule has 0 spiro atoms. The minimum absolute atomic E-state index is 0.0238. The second kappa shape index (κ2) is 7.23. The lowest BCUT2D eigenvalue weighted by Gasteiger charge is -2.23. The number of likely N-dealkylation sites (N-methyl/N-ethyl adjacent to an activating group) is 1. The van der Waals surface area contributed by atoms with Crippen LogP contribution >= 0.6 is 11.3 Å². The maximum atomic E-state index is 12.5. The Labute approximate surface area is 152 Å². The molecular formula is C20H22N2O2S. The Morgan fingerprint density at radius 2 is 2.00 bits per heavy atom. The first-order valence-electron chi connectivity index (χ1n) is 8.27. The standard InChI is InChI=1S/C20H22N2O2S/c1-13-9-10-14(2)17(11-13)24-12-19(23)22(4)15(3)20-21-16-7-5-6-8-18(16)25-20/h5-11,15H,12H2,1-4H3/t15-/m1/s1. The normalized spacial score (nSPS) is 12.2. The van der Waals surface area contributed by atoms with Gasteiger partial charge in [-0.15, -0.1) is 11.3 Å². The van der Waals surface area contributed by atoms with Gasteiger partial charge in [0.05, 0.1) is 16.3 Å². The van der Waals surface area contributed by atoms with E-state index in [1.54, 1.807) is 23.3 Å². The number of hydrogen-bond acceptors (Lipinski definition) is 4. The molecule has 0 unspecified atom stereocenters. The zero-order valence-corrected chi connectivity index (χ0v) is 15.8. The molecule has 0 aliphatic rings. The summed E-state index contributed by atoms with van der Waals surface area (Å²) in [4.78, 5) is 18.9. The van der Waals surface area contributed by atoms with Crippen LogP contribution in [0.5, 0.6) is 5.75 Å². The van der Waals surface area contributed by atoms with Gasteiger partial charge in [0, 0.05) is 7.05 Å². The van der Waals surface area contributed by atoms with Crippen molar-refractivity contribution in [3.05, 3.63) is 58.6 Å². The van der Waals surface area contributed by atoms with Gasteiger partial charge in [-0.25, -0.2) is 4.98 Å². The summed E-state index contributed by atoms with van der Waals surface area (Å²) in [5.41, 5.74) is 3.12. The highest BCUT2D eigenvalue weighted by atomic mass is 32.1. The van der Waals surface area contributed by atoms with Gasteiger partial charge in [0.2, 0.25) is 0 Å². The zero-order valence-electron chi connectivity index (χ0n) is 14.9. The van der Waals surface area contributed by atoms with Crippen LogP contribution in [-0.4, -0.2) is 29.4 Å². The molecule has 4 nitrogen and oxygen atoms in total. The molecule has 0 saturated heterocycles. The third-order valence-electron chi connectivity index (χ3n) is 4.34. The summed E-state index contributed by atoms with van der Waals surface area (Å²) < 4.78 is 6.87. The molecule has 3 aromatic rings. The molecule has 0 bridgehead atoms. The number of carbonyl (C=O) groups excluding carboxylic acids is 1. The fraction of sp³-hybridized carbons (Fsp3) is 0.300. The lowest BCUT2D eigenvalue weighted by atomic mass is 10.1. The van der Waals surface area contributed by atoms with Crippen LogP contribution in [0, 0.1) is 13.8 Å². The first kappa shape index (κ1) is 17.4. The lowest BCUT2D eigenvalue weighted by molar-refractivity contribution is -0.134. The van der Waals surface area contributed by atoms with Gasteiger partial charge >= 0.3 is 0 Å². The van der Waals surface area contributed by atoms with Crippen LogP contribution in [0.15, 0.2) is 42.5 Å². The second-order valence-electron chi connectivity index (χ2n) is 6.26. The highest BCUT2D eigenvalue weighted by Crippen LogP contribution is 2.29. The van der Waals surface area contributed by atoms with Crippen molar-refractivity contribution < 1.29 is 9.53 Å². The third kappa shape index (κ3) is 3.82. The van der Waals surface area contributed by atoms with Crippen molar-refractivity contribution in [1.29, 1.82) is 0 Å². The molecule has 0 fully saturated rings. The number of para-hydroxylation sites is 1. The number of amides is 1. The molecule has 0 saturated carbocycles. The van der Waals surface area contributed by atoms with Crippen molar-refractivity contribution in [2.45, 2.75) is 26.8 Å². The van der Waals surface area contributed by atoms with E-state index in [9.17, 15) is 4.79 Å². The van der Waals surface area contributed by atoms with Gasteiger partial charge in [0.1, 0.15) is 10.8 Å². The maximum Gasteiger partial charge on any atom is 0.260 e. The Balaban J connectivity index is 1.67. The summed E-state index contributed by atoms with van der Waals surface area (Å²) in [6, 6.07) is 13.9. The lowest BCUT2D eigenvalue weighted by Crippen LogP contribution is -2.33. The molecule has 3 rings (SSSR count). The molecule has 1 amide bonds. The molecule has 2 aromatic carbocycles. The molecule has 0 radical (unpaired) electrons. The number of fused-ring (bicyclic) bond motifs is 1. The fourth-order valence-electron chi connectivity index (χ4n) is 2.55. The molecule has 25 heavy (non-hydrogen) atoms.